The van der Waals surface area contributed by atoms with E-state index in [9.17, 15) is 25.2 Å². The predicted octanol–water partition coefficient (Wildman–Crippen LogP) is 0.684. The molecule has 3 rings (SSSR count). The average Bonchev–Trinajstić information content (AvgIpc) is 2.55. The summed E-state index contributed by atoms with van der Waals surface area (Å²) in [4.78, 5) is 11.5. The van der Waals surface area contributed by atoms with Crippen molar-refractivity contribution < 1.29 is 30.0 Å². The van der Waals surface area contributed by atoms with E-state index in [2.05, 4.69) is 5.32 Å². The summed E-state index contributed by atoms with van der Waals surface area (Å²) in [6.07, 6.45) is 0. The second-order valence-electron chi connectivity index (χ2n) is 5.62. The Morgan fingerprint density at radius 2 is 1.92 bits per heavy atom. The highest BCUT2D eigenvalue weighted by atomic mass is 16.5. The maximum absolute atomic E-state index is 11.5. The van der Waals surface area contributed by atoms with Gasteiger partial charge < -0.3 is 25.2 Å². The molecule has 1 heterocycles. The zero-order chi connectivity index (χ0) is 17.5. The molecule has 2 atom stereocenters. The summed E-state index contributed by atoms with van der Waals surface area (Å²) >= 11 is 0. The van der Waals surface area contributed by atoms with Crippen molar-refractivity contribution in [3.8, 4) is 11.5 Å². The van der Waals surface area contributed by atoms with Gasteiger partial charge in [-0.15, -0.1) is 0 Å². The normalized spacial score (nSPS) is 21.8. The number of methoxy groups -OCH3 is 1. The number of aromatic hydroxyl groups is 1. The van der Waals surface area contributed by atoms with E-state index < -0.39 is 23.8 Å². The standard InChI is InChI=1S/C17H17NO6/c1-24-13-8-9(6-7-12(13)19)14-10-4-2-3-5-11(10)17(22,23)15(18-14)16(20)21/h2-8,14-15,18-19,22-23H,1H3,(H,20,21). The second-order valence-corrected chi connectivity index (χ2v) is 5.62. The van der Waals surface area contributed by atoms with Crippen LogP contribution in [0.2, 0.25) is 0 Å². The number of carboxylic acids is 1. The third kappa shape index (κ3) is 2.48. The predicted molar refractivity (Wildman–Crippen MR) is 83.6 cm³/mol. The molecule has 0 bridgehead atoms. The van der Waals surface area contributed by atoms with E-state index in [0.717, 1.165) is 0 Å². The van der Waals surface area contributed by atoms with Crippen molar-refractivity contribution in [3.05, 3.63) is 59.2 Å². The van der Waals surface area contributed by atoms with Gasteiger partial charge in [-0.3, -0.25) is 10.1 Å². The third-order valence-electron chi connectivity index (χ3n) is 4.19. The van der Waals surface area contributed by atoms with Crippen LogP contribution in [0, 0.1) is 0 Å². The Kier molecular flexibility index (Phi) is 3.92. The molecule has 0 aliphatic carbocycles. The molecular formula is C17H17NO6. The smallest absolute Gasteiger partial charge is 0.326 e. The van der Waals surface area contributed by atoms with Gasteiger partial charge in [0, 0.05) is 5.56 Å². The molecule has 0 saturated heterocycles. The number of rotatable bonds is 3. The van der Waals surface area contributed by atoms with Gasteiger partial charge in [-0.1, -0.05) is 30.3 Å². The first-order valence-corrected chi connectivity index (χ1v) is 7.26. The van der Waals surface area contributed by atoms with Crippen LogP contribution in [0.3, 0.4) is 0 Å². The molecule has 0 fully saturated rings. The van der Waals surface area contributed by atoms with Crippen molar-refractivity contribution in [2.24, 2.45) is 0 Å². The Labute approximate surface area is 137 Å². The van der Waals surface area contributed by atoms with Gasteiger partial charge in [0.05, 0.1) is 13.2 Å². The van der Waals surface area contributed by atoms with E-state index in [4.69, 9.17) is 4.74 Å². The summed E-state index contributed by atoms with van der Waals surface area (Å²) in [6.45, 7) is 0. The number of nitrogens with one attached hydrogen (secondary N) is 1. The monoisotopic (exact) mass is 331 g/mol. The number of aliphatic hydroxyl groups is 2. The molecule has 1 aliphatic heterocycles. The Hall–Kier alpha value is -2.61. The maximum Gasteiger partial charge on any atom is 0.326 e. The number of carboxylic acid groups (broad SMARTS) is 1. The number of phenolic OH excluding ortho intramolecular Hbond substituents is 1. The number of ether oxygens (including phenoxy) is 1. The minimum Gasteiger partial charge on any atom is -0.504 e. The summed E-state index contributed by atoms with van der Waals surface area (Å²) in [5.41, 5.74) is 1.28. The molecule has 2 aromatic carbocycles. The minimum absolute atomic E-state index is 0.0428. The van der Waals surface area contributed by atoms with Gasteiger partial charge in [0.25, 0.3) is 0 Å². The molecule has 0 saturated carbocycles. The van der Waals surface area contributed by atoms with Crippen LogP contribution in [-0.2, 0) is 10.6 Å². The molecule has 0 amide bonds. The number of hydrogen-bond acceptors (Lipinski definition) is 6. The SMILES string of the molecule is COc1cc(C2NC(C(=O)O)C(O)(O)c3ccccc32)ccc1O. The highest BCUT2D eigenvalue weighted by molar-refractivity contribution is 5.76. The quantitative estimate of drug-likeness (QED) is 0.525. The van der Waals surface area contributed by atoms with E-state index in [1.807, 2.05) is 0 Å². The molecule has 0 aromatic heterocycles. The number of fused-ring (bicyclic) bond motifs is 1. The van der Waals surface area contributed by atoms with Crippen LogP contribution in [-0.4, -0.2) is 39.5 Å². The fraction of sp³-hybridized carbons (Fsp3) is 0.235. The van der Waals surface area contributed by atoms with E-state index in [1.165, 1.54) is 19.2 Å². The molecule has 2 aromatic rings. The van der Waals surface area contributed by atoms with Gasteiger partial charge >= 0.3 is 5.97 Å². The zero-order valence-electron chi connectivity index (χ0n) is 12.8. The first-order valence-electron chi connectivity index (χ1n) is 7.26. The van der Waals surface area contributed by atoms with Gasteiger partial charge in [0.15, 0.2) is 17.5 Å². The Morgan fingerprint density at radius 1 is 1.21 bits per heavy atom. The molecule has 126 valence electrons. The van der Waals surface area contributed by atoms with Gasteiger partial charge in [-0.25, -0.2) is 0 Å². The van der Waals surface area contributed by atoms with E-state index >= 15 is 0 Å². The molecule has 7 nitrogen and oxygen atoms in total. The summed E-state index contributed by atoms with van der Waals surface area (Å²) in [5, 5.41) is 42.5. The van der Waals surface area contributed by atoms with Crippen molar-refractivity contribution >= 4 is 5.97 Å². The van der Waals surface area contributed by atoms with Crippen molar-refractivity contribution in [1.29, 1.82) is 0 Å². The lowest BCUT2D eigenvalue weighted by Crippen LogP contribution is -2.58. The first kappa shape index (κ1) is 16.3. The van der Waals surface area contributed by atoms with Gasteiger partial charge in [0.2, 0.25) is 5.79 Å². The van der Waals surface area contributed by atoms with Crippen molar-refractivity contribution in [2.45, 2.75) is 17.9 Å². The van der Waals surface area contributed by atoms with Crippen LogP contribution >= 0.6 is 0 Å². The highest BCUT2D eigenvalue weighted by Gasteiger charge is 2.48. The van der Waals surface area contributed by atoms with Crippen molar-refractivity contribution in [2.75, 3.05) is 7.11 Å². The average molecular weight is 331 g/mol. The molecule has 24 heavy (non-hydrogen) atoms. The second kappa shape index (κ2) is 5.79. The zero-order valence-corrected chi connectivity index (χ0v) is 12.8. The number of phenols is 1. The number of aliphatic carboxylic acids is 1. The van der Waals surface area contributed by atoms with Crippen LogP contribution < -0.4 is 10.1 Å². The lowest BCUT2D eigenvalue weighted by molar-refractivity contribution is -0.208. The van der Waals surface area contributed by atoms with Crippen molar-refractivity contribution in [3.63, 3.8) is 0 Å². The van der Waals surface area contributed by atoms with Crippen LogP contribution in [0.4, 0.5) is 0 Å². The maximum atomic E-state index is 11.5. The van der Waals surface area contributed by atoms with E-state index in [1.54, 1.807) is 30.3 Å². The largest absolute Gasteiger partial charge is 0.504 e. The summed E-state index contributed by atoms with van der Waals surface area (Å²) in [6, 6.07) is 8.91. The fourth-order valence-corrected chi connectivity index (χ4v) is 3.00. The van der Waals surface area contributed by atoms with Gasteiger partial charge in [-0.05, 0) is 23.3 Å². The van der Waals surface area contributed by atoms with Crippen LogP contribution in [0.5, 0.6) is 11.5 Å². The topological polar surface area (TPSA) is 119 Å². The number of hydrogen-bond donors (Lipinski definition) is 5. The molecule has 0 radical (unpaired) electrons. The molecule has 5 N–H and O–H groups in total. The highest BCUT2D eigenvalue weighted by Crippen LogP contribution is 2.40. The van der Waals surface area contributed by atoms with Gasteiger partial charge in [0.1, 0.15) is 0 Å². The lowest BCUT2D eigenvalue weighted by atomic mass is 9.82. The van der Waals surface area contributed by atoms with Crippen molar-refractivity contribution in [1.82, 2.24) is 5.32 Å². The Morgan fingerprint density at radius 3 is 2.58 bits per heavy atom. The van der Waals surface area contributed by atoms with Crippen LogP contribution in [0.25, 0.3) is 0 Å². The molecular weight excluding hydrogens is 314 g/mol. The third-order valence-corrected chi connectivity index (χ3v) is 4.19. The first-order chi connectivity index (χ1) is 11.4. The molecule has 0 spiro atoms. The minimum atomic E-state index is -2.54. The lowest BCUT2D eigenvalue weighted by Gasteiger charge is -2.40. The van der Waals surface area contributed by atoms with Crippen LogP contribution in [0.1, 0.15) is 22.7 Å². The van der Waals surface area contributed by atoms with Gasteiger partial charge in [-0.2, -0.15) is 0 Å². The molecule has 1 aliphatic rings. The summed E-state index contributed by atoms with van der Waals surface area (Å²) in [7, 11) is 1.41. The molecule has 7 heteroatoms. The van der Waals surface area contributed by atoms with E-state index in [-0.39, 0.29) is 17.1 Å². The Balaban J connectivity index is 2.16. The molecule has 2 unspecified atom stereocenters. The summed E-state index contributed by atoms with van der Waals surface area (Å²) in [5.74, 6) is -3.73. The fourth-order valence-electron chi connectivity index (χ4n) is 3.00. The number of carbonyl (C=O) groups is 1. The van der Waals surface area contributed by atoms with Crippen LogP contribution in [0.15, 0.2) is 42.5 Å². The summed E-state index contributed by atoms with van der Waals surface area (Å²) < 4.78 is 5.09. The van der Waals surface area contributed by atoms with E-state index in [0.29, 0.717) is 11.1 Å². The Bertz CT molecular complexity index is 788. The number of benzene rings is 2.